The number of carbonyl (C=O) groups excluding carboxylic acids is 1. The van der Waals surface area contributed by atoms with Crippen LogP contribution in [0.4, 0.5) is 0 Å². The number of benzene rings is 2. The SMILES string of the molecule is CCOC(=O)c1ccc(-n2cc(C#N)c3c(OC)cccc32)cc1. The van der Waals surface area contributed by atoms with Crippen LogP contribution in [0.5, 0.6) is 5.75 Å². The molecule has 3 rings (SSSR count). The van der Waals surface area contributed by atoms with Crippen LogP contribution in [0.2, 0.25) is 0 Å². The zero-order valence-electron chi connectivity index (χ0n) is 13.4. The number of methoxy groups -OCH3 is 1. The van der Waals surface area contributed by atoms with Crippen LogP contribution >= 0.6 is 0 Å². The molecule has 0 saturated heterocycles. The monoisotopic (exact) mass is 320 g/mol. The van der Waals surface area contributed by atoms with E-state index in [1.54, 1.807) is 32.4 Å². The molecular formula is C19H16N2O3. The van der Waals surface area contributed by atoms with E-state index in [1.807, 2.05) is 34.9 Å². The lowest BCUT2D eigenvalue weighted by molar-refractivity contribution is 0.0526. The molecule has 3 aromatic rings. The molecule has 1 aromatic heterocycles. The quantitative estimate of drug-likeness (QED) is 0.688. The van der Waals surface area contributed by atoms with Crippen molar-refractivity contribution in [1.82, 2.24) is 4.57 Å². The van der Waals surface area contributed by atoms with E-state index < -0.39 is 0 Å². The van der Waals surface area contributed by atoms with Crippen LogP contribution in [0.15, 0.2) is 48.7 Å². The van der Waals surface area contributed by atoms with Crippen LogP contribution in [-0.4, -0.2) is 24.3 Å². The summed E-state index contributed by atoms with van der Waals surface area (Å²) in [5.74, 6) is 0.312. The molecule has 120 valence electrons. The largest absolute Gasteiger partial charge is 0.496 e. The molecular weight excluding hydrogens is 304 g/mol. The summed E-state index contributed by atoms with van der Waals surface area (Å²) in [4.78, 5) is 11.8. The first kappa shape index (κ1) is 15.6. The van der Waals surface area contributed by atoms with Crippen molar-refractivity contribution < 1.29 is 14.3 Å². The van der Waals surface area contributed by atoms with Gasteiger partial charge < -0.3 is 14.0 Å². The average Bonchev–Trinajstić information content (AvgIpc) is 3.01. The molecule has 24 heavy (non-hydrogen) atoms. The molecule has 0 N–H and O–H groups in total. The second-order valence-corrected chi connectivity index (χ2v) is 5.15. The summed E-state index contributed by atoms with van der Waals surface area (Å²) in [5.41, 5.74) is 2.75. The van der Waals surface area contributed by atoms with E-state index >= 15 is 0 Å². The fourth-order valence-corrected chi connectivity index (χ4v) is 2.70. The summed E-state index contributed by atoms with van der Waals surface area (Å²) in [6.45, 7) is 2.11. The predicted molar refractivity (Wildman–Crippen MR) is 90.5 cm³/mol. The summed E-state index contributed by atoms with van der Waals surface area (Å²) in [6, 6.07) is 14.9. The van der Waals surface area contributed by atoms with Crippen molar-refractivity contribution in [2.24, 2.45) is 0 Å². The summed E-state index contributed by atoms with van der Waals surface area (Å²) in [5, 5.41) is 10.2. The smallest absolute Gasteiger partial charge is 0.338 e. The molecule has 0 unspecified atom stereocenters. The first-order chi connectivity index (χ1) is 11.7. The highest BCUT2D eigenvalue weighted by atomic mass is 16.5. The van der Waals surface area contributed by atoms with Gasteiger partial charge in [-0.05, 0) is 43.3 Å². The van der Waals surface area contributed by atoms with Crippen molar-refractivity contribution in [3.63, 3.8) is 0 Å². The number of hydrogen-bond acceptors (Lipinski definition) is 4. The number of ether oxygens (including phenoxy) is 2. The van der Waals surface area contributed by atoms with Gasteiger partial charge in [0.25, 0.3) is 0 Å². The van der Waals surface area contributed by atoms with E-state index in [0.717, 1.165) is 16.6 Å². The first-order valence-corrected chi connectivity index (χ1v) is 7.55. The fraction of sp³-hybridized carbons (Fsp3) is 0.158. The molecule has 0 fully saturated rings. The number of nitriles is 1. The third kappa shape index (κ3) is 2.59. The molecule has 5 nitrogen and oxygen atoms in total. The van der Waals surface area contributed by atoms with E-state index in [2.05, 4.69) is 6.07 Å². The van der Waals surface area contributed by atoms with Gasteiger partial charge in [-0.3, -0.25) is 0 Å². The third-order valence-corrected chi connectivity index (χ3v) is 3.79. The topological polar surface area (TPSA) is 64.2 Å². The lowest BCUT2D eigenvalue weighted by atomic mass is 10.1. The lowest BCUT2D eigenvalue weighted by Crippen LogP contribution is -2.04. The number of nitrogens with zero attached hydrogens (tertiary/aromatic N) is 2. The summed E-state index contributed by atoms with van der Waals surface area (Å²) in [6.07, 6.45) is 1.77. The molecule has 0 radical (unpaired) electrons. The minimum atomic E-state index is -0.346. The molecule has 0 saturated carbocycles. The van der Waals surface area contributed by atoms with Gasteiger partial charge in [0.15, 0.2) is 0 Å². The van der Waals surface area contributed by atoms with E-state index in [4.69, 9.17) is 9.47 Å². The van der Waals surface area contributed by atoms with Gasteiger partial charge >= 0.3 is 5.97 Å². The summed E-state index contributed by atoms with van der Waals surface area (Å²) in [7, 11) is 1.58. The normalized spacial score (nSPS) is 10.4. The Morgan fingerprint density at radius 2 is 1.96 bits per heavy atom. The van der Waals surface area contributed by atoms with Gasteiger partial charge in [0.1, 0.15) is 11.8 Å². The lowest BCUT2D eigenvalue weighted by Gasteiger charge is -2.08. The van der Waals surface area contributed by atoms with E-state index in [9.17, 15) is 10.1 Å². The van der Waals surface area contributed by atoms with Crippen molar-refractivity contribution in [1.29, 1.82) is 5.26 Å². The highest BCUT2D eigenvalue weighted by Gasteiger charge is 2.14. The molecule has 1 heterocycles. The van der Waals surface area contributed by atoms with Crippen LogP contribution in [0, 0.1) is 11.3 Å². The van der Waals surface area contributed by atoms with Crippen LogP contribution in [0.1, 0.15) is 22.8 Å². The number of esters is 1. The highest BCUT2D eigenvalue weighted by molar-refractivity contribution is 5.93. The number of aromatic nitrogens is 1. The number of rotatable bonds is 4. The molecule has 0 aliphatic rings. The van der Waals surface area contributed by atoms with Gasteiger partial charge in [0, 0.05) is 11.9 Å². The van der Waals surface area contributed by atoms with Gasteiger partial charge in [0.2, 0.25) is 0 Å². The van der Waals surface area contributed by atoms with E-state index in [1.165, 1.54) is 0 Å². The zero-order valence-corrected chi connectivity index (χ0v) is 13.4. The number of carbonyl (C=O) groups is 1. The van der Waals surface area contributed by atoms with Crippen LogP contribution in [0.25, 0.3) is 16.6 Å². The third-order valence-electron chi connectivity index (χ3n) is 3.79. The van der Waals surface area contributed by atoms with Crippen molar-refractivity contribution >= 4 is 16.9 Å². The Bertz CT molecular complexity index is 934. The Morgan fingerprint density at radius 3 is 2.58 bits per heavy atom. The molecule has 0 aliphatic heterocycles. The van der Waals surface area contributed by atoms with Gasteiger partial charge in [0.05, 0.1) is 35.7 Å². The molecule has 5 heteroatoms. The minimum Gasteiger partial charge on any atom is -0.496 e. The van der Waals surface area contributed by atoms with E-state index in [-0.39, 0.29) is 5.97 Å². The van der Waals surface area contributed by atoms with Crippen LogP contribution < -0.4 is 4.74 Å². The van der Waals surface area contributed by atoms with Gasteiger partial charge in [-0.15, -0.1) is 0 Å². The Balaban J connectivity index is 2.10. The minimum absolute atomic E-state index is 0.341. The molecule has 0 bridgehead atoms. The van der Waals surface area contributed by atoms with Gasteiger partial charge in [-0.2, -0.15) is 5.26 Å². The zero-order chi connectivity index (χ0) is 17.1. The molecule has 2 aromatic carbocycles. The van der Waals surface area contributed by atoms with Gasteiger partial charge in [-0.25, -0.2) is 4.79 Å². The maximum absolute atomic E-state index is 11.8. The maximum atomic E-state index is 11.8. The predicted octanol–water partition coefficient (Wildman–Crippen LogP) is 3.69. The Morgan fingerprint density at radius 1 is 1.21 bits per heavy atom. The van der Waals surface area contributed by atoms with Crippen molar-refractivity contribution in [3.05, 3.63) is 59.8 Å². The van der Waals surface area contributed by atoms with Crippen molar-refractivity contribution in [2.45, 2.75) is 6.92 Å². The molecule has 0 amide bonds. The standard InChI is InChI=1S/C19H16N2O3/c1-3-24-19(22)13-7-9-15(10-8-13)21-12-14(11-20)18-16(21)5-4-6-17(18)23-2/h4-10,12H,3H2,1-2H3. The Labute approximate surface area is 139 Å². The fourth-order valence-electron chi connectivity index (χ4n) is 2.70. The molecule has 0 spiro atoms. The van der Waals surface area contributed by atoms with Crippen molar-refractivity contribution in [3.8, 4) is 17.5 Å². The number of hydrogen-bond donors (Lipinski definition) is 0. The molecule has 0 aliphatic carbocycles. The Kier molecular flexibility index (Phi) is 4.21. The Hall–Kier alpha value is -3.26. The molecule has 0 atom stereocenters. The maximum Gasteiger partial charge on any atom is 0.338 e. The van der Waals surface area contributed by atoms with Gasteiger partial charge in [-0.1, -0.05) is 6.07 Å². The summed E-state index contributed by atoms with van der Waals surface area (Å²) < 4.78 is 12.3. The van der Waals surface area contributed by atoms with Crippen LogP contribution in [0.3, 0.4) is 0 Å². The highest BCUT2D eigenvalue weighted by Crippen LogP contribution is 2.32. The number of fused-ring (bicyclic) bond motifs is 1. The second-order valence-electron chi connectivity index (χ2n) is 5.15. The first-order valence-electron chi connectivity index (χ1n) is 7.55. The summed E-state index contributed by atoms with van der Waals surface area (Å²) >= 11 is 0. The average molecular weight is 320 g/mol. The van der Waals surface area contributed by atoms with Crippen molar-refractivity contribution in [2.75, 3.05) is 13.7 Å². The van der Waals surface area contributed by atoms with Crippen LogP contribution in [-0.2, 0) is 4.74 Å². The van der Waals surface area contributed by atoms with E-state index in [0.29, 0.717) is 23.5 Å². The second kappa shape index (κ2) is 6.47.